The number of amides is 1. The van der Waals surface area contributed by atoms with E-state index in [1.165, 1.54) is 23.1 Å². The van der Waals surface area contributed by atoms with Crippen LogP contribution in [0.3, 0.4) is 0 Å². The SMILES string of the molecule is C=CCN1C(=O)C(C)(C)COc2ccc(NS(=O)(=O)c3ccc(OC(F)(F)F)cc3)cc21. The van der Waals surface area contributed by atoms with Crippen LogP contribution in [0.4, 0.5) is 24.5 Å². The van der Waals surface area contributed by atoms with Crippen LogP contribution in [-0.4, -0.2) is 33.8 Å². The van der Waals surface area contributed by atoms with Crippen LogP contribution in [-0.2, 0) is 14.8 Å². The molecular formula is C21H21F3N2O5S. The van der Waals surface area contributed by atoms with Crippen molar-refractivity contribution in [1.82, 2.24) is 0 Å². The smallest absolute Gasteiger partial charge is 0.490 e. The van der Waals surface area contributed by atoms with Crippen molar-refractivity contribution in [3.8, 4) is 11.5 Å². The summed E-state index contributed by atoms with van der Waals surface area (Å²) < 4.78 is 74.2. The molecule has 1 aliphatic rings. The topological polar surface area (TPSA) is 84.9 Å². The van der Waals surface area contributed by atoms with Gasteiger partial charge in [0.05, 0.1) is 21.7 Å². The maximum atomic E-state index is 12.9. The Balaban J connectivity index is 1.89. The van der Waals surface area contributed by atoms with Gasteiger partial charge in [0, 0.05) is 6.54 Å². The van der Waals surface area contributed by atoms with Gasteiger partial charge in [0.1, 0.15) is 18.1 Å². The van der Waals surface area contributed by atoms with E-state index in [1.807, 2.05) is 0 Å². The van der Waals surface area contributed by atoms with Gasteiger partial charge >= 0.3 is 6.36 Å². The third-order valence-electron chi connectivity index (χ3n) is 4.59. The lowest BCUT2D eigenvalue weighted by Gasteiger charge is -2.27. The molecule has 2 aromatic rings. The number of fused-ring (bicyclic) bond motifs is 1. The molecule has 7 nitrogen and oxygen atoms in total. The molecule has 11 heteroatoms. The van der Waals surface area contributed by atoms with Gasteiger partial charge in [-0.05, 0) is 56.3 Å². The van der Waals surface area contributed by atoms with Crippen LogP contribution in [0.25, 0.3) is 0 Å². The first-order chi connectivity index (χ1) is 14.8. The van der Waals surface area contributed by atoms with E-state index in [1.54, 1.807) is 19.9 Å². The Morgan fingerprint density at radius 3 is 2.47 bits per heavy atom. The van der Waals surface area contributed by atoms with Crippen LogP contribution < -0.4 is 19.1 Å². The standard InChI is InChI=1S/C21H21F3N2O5S/c1-4-11-26-17-12-14(5-10-18(17)30-13-20(2,3)19(26)27)25-32(28,29)16-8-6-15(7-9-16)31-21(22,23)24/h4-10,12,25H,1,11,13H2,2-3H3. The van der Waals surface area contributed by atoms with E-state index < -0.39 is 27.6 Å². The molecule has 1 heterocycles. The number of anilines is 2. The number of ether oxygens (including phenoxy) is 2. The van der Waals surface area contributed by atoms with E-state index >= 15 is 0 Å². The Labute approximate surface area is 183 Å². The number of sulfonamides is 1. The monoisotopic (exact) mass is 470 g/mol. The highest BCUT2D eigenvalue weighted by Crippen LogP contribution is 2.38. The molecule has 32 heavy (non-hydrogen) atoms. The molecule has 0 bridgehead atoms. The number of hydrogen-bond acceptors (Lipinski definition) is 5. The van der Waals surface area contributed by atoms with Crippen molar-refractivity contribution >= 4 is 27.3 Å². The van der Waals surface area contributed by atoms with Gasteiger partial charge in [-0.1, -0.05) is 6.08 Å². The summed E-state index contributed by atoms with van der Waals surface area (Å²) in [6, 6.07) is 8.25. The molecule has 0 aliphatic carbocycles. The number of carbonyl (C=O) groups excluding carboxylic acids is 1. The van der Waals surface area contributed by atoms with Crippen molar-refractivity contribution in [3.63, 3.8) is 0 Å². The molecule has 0 fully saturated rings. The van der Waals surface area contributed by atoms with Gasteiger partial charge in [-0.3, -0.25) is 9.52 Å². The van der Waals surface area contributed by atoms with E-state index in [-0.39, 0.29) is 29.6 Å². The highest BCUT2D eigenvalue weighted by atomic mass is 32.2. The lowest BCUT2D eigenvalue weighted by molar-refractivity contribution is -0.274. The van der Waals surface area contributed by atoms with Crippen LogP contribution in [0.1, 0.15) is 13.8 Å². The molecule has 172 valence electrons. The number of rotatable bonds is 6. The lowest BCUT2D eigenvalue weighted by Crippen LogP contribution is -2.42. The highest BCUT2D eigenvalue weighted by molar-refractivity contribution is 7.92. The van der Waals surface area contributed by atoms with Crippen LogP contribution in [0.5, 0.6) is 11.5 Å². The maximum absolute atomic E-state index is 12.9. The molecule has 0 saturated carbocycles. The average molecular weight is 470 g/mol. The molecule has 0 saturated heterocycles. The fourth-order valence-corrected chi connectivity index (χ4v) is 4.10. The number of carbonyl (C=O) groups is 1. The molecule has 0 spiro atoms. The number of benzene rings is 2. The van der Waals surface area contributed by atoms with Gasteiger partial charge in [0.2, 0.25) is 5.91 Å². The Morgan fingerprint density at radius 1 is 1.22 bits per heavy atom. The third-order valence-corrected chi connectivity index (χ3v) is 5.99. The van der Waals surface area contributed by atoms with Gasteiger partial charge in [-0.25, -0.2) is 8.42 Å². The van der Waals surface area contributed by atoms with E-state index in [0.717, 1.165) is 24.3 Å². The second-order valence-electron chi connectivity index (χ2n) is 7.68. The quantitative estimate of drug-likeness (QED) is 0.636. The number of nitrogens with zero attached hydrogens (tertiary/aromatic N) is 1. The van der Waals surface area contributed by atoms with Crippen molar-refractivity contribution in [2.45, 2.75) is 25.1 Å². The second kappa shape index (κ2) is 8.38. The van der Waals surface area contributed by atoms with Gasteiger partial charge in [0.25, 0.3) is 10.0 Å². The first-order valence-corrected chi connectivity index (χ1v) is 10.9. The number of hydrogen-bond donors (Lipinski definition) is 1. The Kier molecular flexibility index (Phi) is 6.14. The number of alkyl halides is 3. The largest absolute Gasteiger partial charge is 0.573 e. The molecule has 1 N–H and O–H groups in total. The van der Waals surface area contributed by atoms with E-state index in [2.05, 4.69) is 16.0 Å². The van der Waals surface area contributed by atoms with E-state index in [9.17, 15) is 26.4 Å². The zero-order valence-electron chi connectivity index (χ0n) is 17.3. The van der Waals surface area contributed by atoms with Crippen molar-refractivity contribution < 1.29 is 35.9 Å². The van der Waals surface area contributed by atoms with Gasteiger partial charge in [-0.2, -0.15) is 0 Å². The molecule has 1 amide bonds. The van der Waals surface area contributed by atoms with E-state index in [0.29, 0.717) is 11.4 Å². The predicted octanol–water partition coefficient (Wildman–Crippen LogP) is 4.32. The highest BCUT2D eigenvalue weighted by Gasteiger charge is 2.37. The summed E-state index contributed by atoms with van der Waals surface area (Å²) in [5.41, 5.74) is -0.291. The van der Waals surface area contributed by atoms with E-state index in [4.69, 9.17) is 4.74 Å². The number of nitrogens with one attached hydrogen (secondary N) is 1. The fourth-order valence-electron chi connectivity index (χ4n) is 3.05. The molecule has 0 aromatic heterocycles. The summed E-state index contributed by atoms with van der Waals surface area (Å²) in [5.74, 6) is -0.349. The van der Waals surface area contributed by atoms with Gasteiger partial charge < -0.3 is 14.4 Å². The average Bonchev–Trinajstić information content (AvgIpc) is 2.77. The summed E-state index contributed by atoms with van der Waals surface area (Å²) in [5, 5.41) is 0. The van der Waals surface area contributed by atoms with Crippen LogP contribution in [0.15, 0.2) is 60.0 Å². The first kappa shape index (κ1) is 23.5. The summed E-state index contributed by atoms with van der Waals surface area (Å²) in [4.78, 5) is 14.1. The van der Waals surface area contributed by atoms with Gasteiger partial charge in [-0.15, -0.1) is 19.8 Å². The Bertz CT molecular complexity index is 1130. The molecule has 2 aromatic carbocycles. The molecule has 3 rings (SSSR count). The Morgan fingerprint density at radius 2 is 1.88 bits per heavy atom. The predicted molar refractivity (Wildman–Crippen MR) is 112 cm³/mol. The molecular weight excluding hydrogens is 449 g/mol. The minimum absolute atomic E-state index is 0.143. The van der Waals surface area contributed by atoms with Crippen LogP contribution >= 0.6 is 0 Å². The normalized spacial score (nSPS) is 15.9. The summed E-state index contributed by atoms with van der Waals surface area (Å²) >= 11 is 0. The summed E-state index contributed by atoms with van der Waals surface area (Å²) in [7, 11) is -4.13. The molecule has 0 atom stereocenters. The fraction of sp³-hybridized carbons (Fsp3) is 0.286. The summed E-state index contributed by atoms with van der Waals surface area (Å²) in [6.45, 7) is 7.48. The lowest BCUT2D eigenvalue weighted by atomic mass is 9.93. The van der Waals surface area contributed by atoms with Crippen LogP contribution in [0.2, 0.25) is 0 Å². The van der Waals surface area contributed by atoms with Crippen molar-refractivity contribution in [2.75, 3.05) is 22.8 Å². The summed E-state index contributed by atoms with van der Waals surface area (Å²) in [6.07, 6.45) is -3.34. The third kappa shape index (κ3) is 5.16. The van der Waals surface area contributed by atoms with Crippen molar-refractivity contribution in [2.24, 2.45) is 5.41 Å². The number of halogens is 3. The minimum atomic E-state index is -4.88. The molecule has 0 unspecified atom stereocenters. The first-order valence-electron chi connectivity index (χ1n) is 9.41. The second-order valence-corrected chi connectivity index (χ2v) is 9.37. The van der Waals surface area contributed by atoms with Crippen LogP contribution in [0, 0.1) is 5.41 Å². The molecule has 1 aliphatic heterocycles. The zero-order valence-corrected chi connectivity index (χ0v) is 18.1. The van der Waals surface area contributed by atoms with Crippen molar-refractivity contribution in [3.05, 3.63) is 55.1 Å². The Hall–Kier alpha value is -3.21. The maximum Gasteiger partial charge on any atom is 0.573 e. The minimum Gasteiger partial charge on any atom is -0.490 e. The zero-order chi connectivity index (χ0) is 23.7. The van der Waals surface area contributed by atoms with Gasteiger partial charge in [0.15, 0.2) is 0 Å². The van der Waals surface area contributed by atoms with Crippen molar-refractivity contribution in [1.29, 1.82) is 0 Å². The molecule has 0 radical (unpaired) electrons.